The molecule has 0 aromatic carbocycles. The summed E-state index contributed by atoms with van der Waals surface area (Å²) in [6.07, 6.45) is 2.08. The Hall–Kier alpha value is -0.210. The Morgan fingerprint density at radius 2 is 1.90 bits per heavy atom. The lowest BCUT2D eigenvalue weighted by atomic mass is 10.3. The number of piperazine rings is 1. The van der Waals surface area contributed by atoms with E-state index in [9.17, 15) is 8.42 Å². The van der Waals surface area contributed by atoms with Gasteiger partial charge in [0.15, 0.2) is 0 Å². The molecule has 2 rings (SSSR count). The summed E-state index contributed by atoms with van der Waals surface area (Å²) in [4.78, 5) is 4.51. The second-order valence-corrected chi connectivity index (χ2v) is 8.13. The Kier molecular flexibility index (Phi) is 5.80. The highest BCUT2D eigenvalue weighted by atomic mass is 32.2. The summed E-state index contributed by atoms with van der Waals surface area (Å²) >= 11 is 0. The van der Waals surface area contributed by atoms with Crippen LogP contribution in [0.4, 0.5) is 0 Å². The Morgan fingerprint density at radius 3 is 2.45 bits per heavy atom. The molecule has 0 aromatic heterocycles. The lowest BCUT2D eigenvalue weighted by Gasteiger charge is -2.34. The van der Waals surface area contributed by atoms with Gasteiger partial charge in [0.05, 0.1) is 5.75 Å². The number of hydrogen-bond acceptors (Lipinski definition) is 5. The third-order valence-electron chi connectivity index (χ3n) is 4.16. The van der Waals surface area contributed by atoms with E-state index in [-0.39, 0.29) is 11.8 Å². The minimum atomic E-state index is -3.09. The molecule has 1 atom stereocenters. The van der Waals surface area contributed by atoms with Crippen molar-refractivity contribution in [3.63, 3.8) is 0 Å². The third kappa shape index (κ3) is 4.66. The maximum absolute atomic E-state index is 12.4. The van der Waals surface area contributed by atoms with Crippen LogP contribution >= 0.6 is 0 Å². The fourth-order valence-electron chi connectivity index (χ4n) is 2.83. The second-order valence-electron chi connectivity index (χ2n) is 6.12. The van der Waals surface area contributed by atoms with E-state index in [1.807, 2.05) is 0 Å². The van der Waals surface area contributed by atoms with Crippen molar-refractivity contribution < 1.29 is 8.42 Å². The van der Waals surface area contributed by atoms with Gasteiger partial charge in [0.25, 0.3) is 0 Å². The number of hydrogen-bond donors (Lipinski definition) is 1. The van der Waals surface area contributed by atoms with Gasteiger partial charge < -0.3 is 10.2 Å². The SMILES string of the molecule is CN(C)CCN1CCN(S(=O)(=O)CC2CCCN2)CC1. The van der Waals surface area contributed by atoms with Gasteiger partial charge in [-0.3, -0.25) is 4.90 Å². The monoisotopic (exact) mass is 304 g/mol. The summed E-state index contributed by atoms with van der Waals surface area (Å²) in [5.41, 5.74) is 0. The highest BCUT2D eigenvalue weighted by Crippen LogP contribution is 2.13. The van der Waals surface area contributed by atoms with Gasteiger partial charge >= 0.3 is 0 Å². The van der Waals surface area contributed by atoms with Crippen LogP contribution < -0.4 is 5.32 Å². The zero-order valence-electron chi connectivity index (χ0n) is 12.7. The molecule has 0 bridgehead atoms. The minimum absolute atomic E-state index is 0.159. The molecule has 6 nitrogen and oxygen atoms in total. The van der Waals surface area contributed by atoms with Crippen molar-refractivity contribution >= 4 is 10.0 Å². The number of rotatable bonds is 6. The van der Waals surface area contributed by atoms with Gasteiger partial charge in [-0.05, 0) is 33.5 Å². The largest absolute Gasteiger partial charge is 0.313 e. The minimum Gasteiger partial charge on any atom is -0.313 e. The smallest absolute Gasteiger partial charge is 0.215 e. The van der Waals surface area contributed by atoms with Gasteiger partial charge in [-0.25, -0.2) is 8.42 Å². The Balaban J connectivity index is 1.77. The summed E-state index contributed by atoms with van der Waals surface area (Å²) in [5, 5.41) is 3.27. The van der Waals surface area contributed by atoms with Crippen molar-refractivity contribution in [3.05, 3.63) is 0 Å². The summed E-state index contributed by atoms with van der Waals surface area (Å²) < 4.78 is 26.4. The third-order valence-corrected chi connectivity index (χ3v) is 6.14. The standard InChI is InChI=1S/C13H28N4O2S/c1-15(2)6-7-16-8-10-17(11-9-16)20(18,19)12-13-4-3-5-14-13/h13-14H,3-12H2,1-2H3. The van der Waals surface area contributed by atoms with Crippen LogP contribution in [-0.4, -0.2) is 94.2 Å². The first-order valence-electron chi connectivity index (χ1n) is 7.56. The Bertz CT molecular complexity index is 385. The van der Waals surface area contributed by atoms with Crippen LogP contribution in [0.1, 0.15) is 12.8 Å². The highest BCUT2D eigenvalue weighted by molar-refractivity contribution is 7.89. The molecular formula is C13H28N4O2S. The summed E-state index contributed by atoms with van der Waals surface area (Å²) in [6.45, 7) is 5.99. The first-order chi connectivity index (χ1) is 9.47. The van der Waals surface area contributed by atoms with E-state index in [0.717, 1.165) is 45.6 Å². The van der Waals surface area contributed by atoms with E-state index in [0.29, 0.717) is 13.1 Å². The molecule has 0 spiro atoms. The van der Waals surface area contributed by atoms with Crippen LogP contribution in [0.25, 0.3) is 0 Å². The lowest BCUT2D eigenvalue weighted by molar-refractivity contribution is 0.174. The first kappa shape index (κ1) is 16.2. The number of sulfonamides is 1. The average Bonchev–Trinajstić information content (AvgIpc) is 2.89. The molecule has 2 aliphatic heterocycles. The maximum atomic E-state index is 12.4. The predicted octanol–water partition coefficient (Wildman–Crippen LogP) is -0.753. The quantitative estimate of drug-likeness (QED) is 0.700. The van der Waals surface area contributed by atoms with E-state index in [2.05, 4.69) is 29.2 Å². The van der Waals surface area contributed by atoms with Crippen molar-refractivity contribution in [1.29, 1.82) is 0 Å². The molecule has 1 unspecified atom stereocenters. The topological polar surface area (TPSA) is 55.9 Å². The van der Waals surface area contributed by atoms with Crippen molar-refractivity contribution in [3.8, 4) is 0 Å². The van der Waals surface area contributed by atoms with E-state index < -0.39 is 10.0 Å². The molecule has 0 aliphatic carbocycles. The van der Waals surface area contributed by atoms with Crippen molar-refractivity contribution in [1.82, 2.24) is 19.4 Å². The molecule has 7 heteroatoms. The van der Waals surface area contributed by atoms with Gasteiger partial charge in [0.2, 0.25) is 10.0 Å². The van der Waals surface area contributed by atoms with Crippen LogP contribution in [0.5, 0.6) is 0 Å². The van der Waals surface area contributed by atoms with Crippen LogP contribution in [0.3, 0.4) is 0 Å². The van der Waals surface area contributed by atoms with E-state index >= 15 is 0 Å². The van der Waals surface area contributed by atoms with Gasteiger partial charge in [-0.1, -0.05) is 0 Å². The molecule has 118 valence electrons. The Morgan fingerprint density at radius 1 is 1.20 bits per heavy atom. The fourth-order valence-corrected chi connectivity index (χ4v) is 4.55. The second kappa shape index (κ2) is 7.17. The highest BCUT2D eigenvalue weighted by Gasteiger charge is 2.30. The number of likely N-dealkylation sites (N-methyl/N-ethyl adjacent to an activating group) is 1. The summed E-state index contributed by atoms with van der Waals surface area (Å²) in [5.74, 6) is 0.269. The van der Waals surface area contributed by atoms with Gasteiger partial charge in [-0.2, -0.15) is 4.31 Å². The molecule has 2 aliphatic rings. The molecule has 0 aromatic rings. The maximum Gasteiger partial charge on any atom is 0.215 e. The molecule has 2 heterocycles. The predicted molar refractivity (Wildman–Crippen MR) is 81.4 cm³/mol. The summed E-state index contributed by atoms with van der Waals surface area (Å²) in [7, 11) is 1.04. The molecule has 2 fully saturated rings. The Labute approximate surface area is 123 Å². The molecule has 0 amide bonds. The van der Waals surface area contributed by atoms with Gasteiger partial charge in [0, 0.05) is 45.3 Å². The molecule has 2 saturated heterocycles. The number of nitrogens with one attached hydrogen (secondary N) is 1. The lowest BCUT2D eigenvalue weighted by Crippen LogP contribution is -2.51. The summed E-state index contributed by atoms with van der Waals surface area (Å²) in [6, 6.07) is 0.159. The zero-order chi connectivity index (χ0) is 14.6. The van der Waals surface area contributed by atoms with Crippen molar-refractivity contribution in [2.75, 3.05) is 65.7 Å². The molecule has 20 heavy (non-hydrogen) atoms. The van der Waals surface area contributed by atoms with Crippen molar-refractivity contribution in [2.24, 2.45) is 0 Å². The van der Waals surface area contributed by atoms with E-state index in [1.54, 1.807) is 4.31 Å². The average molecular weight is 304 g/mol. The molecule has 0 radical (unpaired) electrons. The molecular weight excluding hydrogens is 276 g/mol. The van der Waals surface area contributed by atoms with Crippen molar-refractivity contribution in [2.45, 2.75) is 18.9 Å². The zero-order valence-corrected chi connectivity index (χ0v) is 13.5. The fraction of sp³-hybridized carbons (Fsp3) is 1.00. The van der Waals surface area contributed by atoms with Gasteiger partial charge in [0.1, 0.15) is 0 Å². The van der Waals surface area contributed by atoms with Crippen LogP contribution in [0.15, 0.2) is 0 Å². The number of nitrogens with zero attached hydrogens (tertiary/aromatic N) is 3. The van der Waals surface area contributed by atoms with Gasteiger partial charge in [-0.15, -0.1) is 0 Å². The molecule has 0 saturated carbocycles. The first-order valence-corrected chi connectivity index (χ1v) is 9.16. The molecule has 1 N–H and O–H groups in total. The van der Waals surface area contributed by atoms with Crippen LogP contribution in [-0.2, 0) is 10.0 Å². The normalized spacial score (nSPS) is 26.4. The van der Waals surface area contributed by atoms with Crippen LogP contribution in [0, 0.1) is 0 Å². The van der Waals surface area contributed by atoms with Crippen LogP contribution in [0.2, 0.25) is 0 Å². The van der Waals surface area contributed by atoms with E-state index in [1.165, 1.54) is 0 Å². The van der Waals surface area contributed by atoms with E-state index in [4.69, 9.17) is 0 Å².